The van der Waals surface area contributed by atoms with Crippen LogP contribution in [0.1, 0.15) is 25.5 Å². The number of aryl methyl sites for hydroxylation is 1. The number of nitrogens with one attached hydrogen (secondary N) is 1. The van der Waals surface area contributed by atoms with E-state index < -0.39 is 5.97 Å². The summed E-state index contributed by atoms with van der Waals surface area (Å²) in [6, 6.07) is 9.59. The molecule has 138 valence electrons. The largest absolute Gasteiger partial charge is 0.494 e. The molecular formula is C19H24N4O3. The first-order chi connectivity index (χ1) is 12.5. The van der Waals surface area contributed by atoms with Gasteiger partial charge in [-0.1, -0.05) is 0 Å². The molecule has 0 unspecified atom stereocenters. The molecule has 2 N–H and O–H groups in total. The number of hydrogen-bond acceptors (Lipinski definition) is 6. The van der Waals surface area contributed by atoms with Crippen LogP contribution >= 0.6 is 0 Å². The number of hydrogen-bond donors (Lipinski definition) is 2. The van der Waals surface area contributed by atoms with Crippen molar-refractivity contribution in [3.05, 3.63) is 36.0 Å². The van der Waals surface area contributed by atoms with Gasteiger partial charge in [0.25, 0.3) is 0 Å². The molecule has 1 aromatic carbocycles. The van der Waals surface area contributed by atoms with Gasteiger partial charge in [0.2, 0.25) is 5.95 Å². The van der Waals surface area contributed by atoms with Crippen molar-refractivity contribution in [2.75, 3.05) is 29.9 Å². The molecule has 3 rings (SSSR count). The monoisotopic (exact) mass is 356 g/mol. The summed E-state index contributed by atoms with van der Waals surface area (Å²) < 4.78 is 5.45. The quantitative estimate of drug-likeness (QED) is 0.821. The van der Waals surface area contributed by atoms with Gasteiger partial charge in [-0.25, -0.2) is 4.98 Å². The molecule has 2 aromatic rings. The molecule has 0 radical (unpaired) electrons. The normalized spacial score (nSPS) is 14.9. The van der Waals surface area contributed by atoms with Crippen LogP contribution in [0.15, 0.2) is 30.3 Å². The number of carboxylic acids is 1. The van der Waals surface area contributed by atoms with Crippen LogP contribution < -0.4 is 15.0 Å². The topological polar surface area (TPSA) is 87.6 Å². The molecule has 1 aromatic heterocycles. The predicted molar refractivity (Wildman–Crippen MR) is 100 cm³/mol. The highest BCUT2D eigenvalue weighted by Gasteiger charge is 2.25. The van der Waals surface area contributed by atoms with Crippen molar-refractivity contribution in [3.63, 3.8) is 0 Å². The molecule has 0 bridgehead atoms. The fraction of sp³-hybridized carbons (Fsp3) is 0.421. The second-order valence-corrected chi connectivity index (χ2v) is 6.37. The van der Waals surface area contributed by atoms with Crippen molar-refractivity contribution < 1.29 is 14.6 Å². The zero-order valence-corrected chi connectivity index (χ0v) is 15.1. The molecule has 1 aliphatic rings. The van der Waals surface area contributed by atoms with Gasteiger partial charge < -0.3 is 20.1 Å². The molecule has 1 aliphatic heterocycles. The van der Waals surface area contributed by atoms with Crippen molar-refractivity contribution in [1.82, 2.24) is 9.97 Å². The summed E-state index contributed by atoms with van der Waals surface area (Å²) in [6.07, 6.45) is 1.28. The standard InChI is InChI=1S/C19H24N4O3/c1-3-26-16-6-4-15(5-7-16)21-19-20-13(2)12-17(22-19)23-10-8-14(9-11-23)18(24)25/h4-7,12,14H,3,8-11H2,1-2H3,(H,24,25)(H,20,21,22). The molecule has 0 spiro atoms. The Morgan fingerprint density at radius 1 is 1.27 bits per heavy atom. The van der Waals surface area contributed by atoms with E-state index >= 15 is 0 Å². The lowest BCUT2D eigenvalue weighted by Crippen LogP contribution is -2.36. The van der Waals surface area contributed by atoms with Crippen molar-refractivity contribution in [1.29, 1.82) is 0 Å². The highest BCUT2D eigenvalue weighted by atomic mass is 16.5. The average molecular weight is 356 g/mol. The van der Waals surface area contributed by atoms with Gasteiger partial charge >= 0.3 is 5.97 Å². The number of rotatable bonds is 6. The van der Waals surface area contributed by atoms with E-state index in [1.165, 1.54) is 0 Å². The van der Waals surface area contributed by atoms with Gasteiger partial charge in [0.1, 0.15) is 11.6 Å². The molecule has 0 aliphatic carbocycles. The number of benzene rings is 1. The Kier molecular flexibility index (Phi) is 5.55. The number of carboxylic acid groups (broad SMARTS) is 1. The SMILES string of the molecule is CCOc1ccc(Nc2nc(C)cc(N3CCC(C(=O)O)CC3)n2)cc1. The smallest absolute Gasteiger partial charge is 0.306 e. The number of aromatic nitrogens is 2. The molecule has 1 fully saturated rings. The van der Waals surface area contributed by atoms with Crippen LogP contribution in [0.25, 0.3) is 0 Å². The summed E-state index contributed by atoms with van der Waals surface area (Å²) in [7, 11) is 0. The van der Waals surface area contributed by atoms with Crippen LogP contribution in [-0.4, -0.2) is 40.7 Å². The van der Waals surface area contributed by atoms with Crippen molar-refractivity contribution in [2.45, 2.75) is 26.7 Å². The Morgan fingerprint density at radius 2 is 1.96 bits per heavy atom. The van der Waals surface area contributed by atoms with E-state index in [4.69, 9.17) is 9.84 Å². The van der Waals surface area contributed by atoms with Crippen LogP contribution in [0.3, 0.4) is 0 Å². The maximum atomic E-state index is 11.1. The first kappa shape index (κ1) is 18.0. The zero-order chi connectivity index (χ0) is 18.5. The van der Waals surface area contributed by atoms with E-state index in [0.29, 0.717) is 38.5 Å². The van der Waals surface area contributed by atoms with Crippen LogP contribution in [0, 0.1) is 12.8 Å². The Bertz CT molecular complexity index is 756. The minimum absolute atomic E-state index is 0.254. The Labute approximate surface area is 153 Å². The number of nitrogens with zero attached hydrogens (tertiary/aromatic N) is 3. The lowest BCUT2D eigenvalue weighted by Gasteiger charge is -2.31. The van der Waals surface area contributed by atoms with E-state index in [-0.39, 0.29) is 5.92 Å². The Morgan fingerprint density at radius 3 is 2.58 bits per heavy atom. The molecule has 1 saturated heterocycles. The van der Waals surface area contributed by atoms with Crippen molar-refractivity contribution in [3.8, 4) is 5.75 Å². The number of ether oxygens (including phenoxy) is 1. The lowest BCUT2D eigenvalue weighted by molar-refractivity contribution is -0.142. The van der Waals surface area contributed by atoms with Gasteiger partial charge in [-0.15, -0.1) is 0 Å². The molecule has 0 saturated carbocycles. The summed E-state index contributed by atoms with van der Waals surface area (Å²) in [5.74, 6) is 1.22. The fourth-order valence-electron chi connectivity index (χ4n) is 3.06. The summed E-state index contributed by atoms with van der Waals surface area (Å²) in [5, 5.41) is 12.4. The molecule has 2 heterocycles. The molecule has 0 atom stereocenters. The fourth-order valence-corrected chi connectivity index (χ4v) is 3.06. The summed E-state index contributed by atoms with van der Waals surface area (Å²) in [5.41, 5.74) is 1.75. The van der Waals surface area contributed by atoms with Crippen LogP contribution in [0.4, 0.5) is 17.5 Å². The third-order valence-corrected chi connectivity index (χ3v) is 4.43. The molecule has 7 heteroatoms. The van der Waals surface area contributed by atoms with E-state index in [1.807, 2.05) is 44.2 Å². The van der Waals surface area contributed by atoms with Crippen LogP contribution in [-0.2, 0) is 4.79 Å². The van der Waals surface area contributed by atoms with Gasteiger partial charge in [-0.2, -0.15) is 4.98 Å². The van der Waals surface area contributed by atoms with Gasteiger partial charge in [-0.3, -0.25) is 4.79 Å². The van der Waals surface area contributed by atoms with Gasteiger partial charge in [0, 0.05) is 30.5 Å². The van der Waals surface area contributed by atoms with Gasteiger partial charge in [0.15, 0.2) is 0 Å². The van der Waals surface area contributed by atoms with Crippen LogP contribution in [0.5, 0.6) is 5.75 Å². The van der Waals surface area contributed by atoms with E-state index in [9.17, 15) is 4.79 Å². The molecule has 26 heavy (non-hydrogen) atoms. The number of piperidine rings is 1. The highest BCUT2D eigenvalue weighted by Crippen LogP contribution is 2.25. The van der Waals surface area contributed by atoms with E-state index in [0.717, 1.165) is 22.9 Å². The highest BCUT2D eigenvalue weighted by molar-refractivity contribution is 5.70. The van der Waals surface area contributed by atoms with Crippen molar-refractivity contribution >= 4 is 23.4 Å². The maximum Gasteiger partial charge on any atom is 0.306 e. The predicted octanol–water partition coefficient (Wildman–Crippen LogP) is 3.23. The summed E-state index contributed by atoms with van der Waals surface area (Å²) in [6.45, 7) is 5.90. The van der Waals surface area contributed by atoms with Crippen LogP contribution in [0.2, 0.25) is 0 Å². The minimum Gasteiger partial charge on any atom is -0.494 e. The summed E-state index contributed by atoms with van der Waals surface area (Å²) >= 11 is 0. The third kappa shape index (κ3) is 4.41. The van der Waals surface area contributed by atoms with E-state index in [1.54, 1.807) is 0 Å². The number of carbonyl (C=O) groups is 1. The molecule has 7 nitrogen and oxygen atoms in total. The Balaban J connectivity index is 1.70. The van der Waals surface area contributed by atoms with Gasteiger partial charge in [-0.05, 0) is 51.0 Å². The lowest BCUT2D eigenvalue weighted by atomic mass is 9.97. The second kappa shape index (κ2) is 8.03. The second-order valence-electron chi connectivity index (χ2n) is 6.37. The van der Waals surface area contributed by atoms with Crippen molar-refractivity contribution in [2.24, 2.45) is 5.92 Å². The zero-order valence-electron chi connectivity index (χ0n) is 15.1. The number of anilines is 3. The average Bonchev–Trinajstić information content (AvgIpc) is 2.63. The molecule has 0 amide bonds. The first-order valence-corrected chi connectivity index (χ1v) is 8.88. The first-order valence-electron chi connectivity index (χ1n) is 8.88. The number of aliphatic carboxylic acids is 1. The Hall–Kier alpha value is -2.83. The van der Waals surface area contributed by atoms with E-state index in [2.05, 4.69) is 20.2 Å². The third-order valence-electron chi connectivity index (χ3n) is 4.43. The van der Waals surface area contributed by atoms with Gasteiger partial charge in [0.05, 0.1) is 12.5 Å². The minimum atomic E-state index is -0.707. The summed E-state index contributed by atoms with van der Waals surface area (Å²) in [4.78, 5) is 22.3. The molecular weight excluding hydrogens is 332 g/mol. The maximum absolute atomic E-state index is 11.1.